The molecular formula is C21H40O. The minimum atomic E-state index is 0.699. The standard InChI is InChI=1S/C21H40O/c1-3-5-6-7-8-9-10-11-12-13-14-15-16-17-18-19-21-22-20-4-2/h4,11-12H,2-3,5-10,13-21H2,1H3. The van der Waals surface area contributed by atoms with Crippen LogP contribution in [-0.4, -0.2) is 13.2 Å². The monoisotopic (exact) mass is 308 g/mol. The van der Waals surface area contributed by atoms with Crippen molar-refractivity contribution in [3.8, 4) is 0 Å². The van der Waals surface area contributed by atoms with Gasteiger partial charge < -0.3 is 4.74 Å². The quantitative estimate of drug-likeness (QED) is 0.192. The summed E-state index contributed by atoms with van der Waals surface area (Å²) in [5, 5.41) is 0. The lowest BCUT2D eigenvalue weighted by molar-refractivity contribution is 0.157. The van der Waals surface area contributed by atoms with Crippen LogP contribution in [0, 0.1) is 0 Å². The van der Waals surface area contributed by atoms with Crippen molar-refractivity contribution in [3.05, 3.63) is 24.8 Å². The summed E-state index contributed by atoms with van der Waals surface area (Å²) >= 11 is 0. The molecular weight excluding hydrogens is 268 g/mol. The molecule has 0 aromatic heterocycles. The molecule has 0 saturated heterocycles. The normalized spacial score (nSPS) is 11.3. The zero-order chi connectivity index (χ0) is 16.1. The molecule has 0 bridgehead atoms. The summed E-state index contributed by atoms with van der Waals surface area (Å²) in [5.41, 5.74) is 0. The molecule has 22 heavy (non-hydrogen) atoms. The van der Waals surface area contributed by atoms with Crippen molar-refractivity contribution in [2.75, 3.05) is 13.2 Å². The highest BCUT2D eigenvalue weighted by molar-refractivity contribution is 4.81. The minimum absolute atomic E-state index is 0.699. The molecule has 0 aliphatic carbocycles. The van der Waals surface area contributed by atoms with E-state index in [4.69, 9.17) is 4.74 Å². The summed E-state index contributed by atoms with van der Waals surface area (Å²) in [7, 11) is 0. The first-order chi connectivity index (χ1) is 10.9. The Labute approximate surface area is 140 Å². The maximum Gasteiger partial charge on any atom is 0.0644 e. The fraction of sp³-hybridized carbons (Fsp3) is 0.810. The molecule has 0 fully saturated rings. The van der Waals surface area contributed by atoms with E-state index < -0.39 is 0 Å². The van der Waals surface area contributed by atoms with Crippen LogP contribution in [0.4, 0.5) is 0 Å². The SMILES string of the molecule is C=CCOCCCCCCCCC=CCCCCCCCC. The predicted molar refractivity (Wildman–Crippen MR) is 100 cm³/mol. The van der Waals surface area contributed by atoms with Crippen LogP contribution in [0.3, 0.4) is 0 Å². The van der Waals surface area contributed by atoms with Crippen LogP contribution in [0.5, 0.6) is 0 Å². The van der Waals surface area contributed by atoms with Gasteiger partial charge in [-0.25, -0.2) is 0 Å². The molecule has 0 atom stereocenters. The summed E-state index contributed by atoms with van der Waals surface area (Å²) in [6.45, 7) is 7.52. The van der Waals surface area contributed by atoms with Crippen molar-refractivity contribution in [3.63, 3.8) is 0 Å². The smallest absolute Gasteiger partial charge is 0.0644 e. The third kappa shape index (κ3) is 19.4. The molecule has 0 aromatic rings. The summed E-state index contributed by atoms with van der Waals surface area (Å²) < 4.78 is 5.37. The van der Waals surface area contributed by atoms with Gasteiger partial charge in [-0.2, -0.15) is 0 Å². The van der Waals surface area contributed by atoms with Crippen molar-refractivity contribution in [1.82, 2.24) is 0 Å². The number of ether oxygens (including phenoxy) is 1. The van der Waals surface area contributed by atoms with Gasteiger partial charge in [0.1, 0.15) is 0 Å². The average Bonchev–Trinajstić information content (AvgIpc) is 2.54. The van der Waals surface area contributed by atoms with E-state index in [2.05, 4.69) is 25.7 Å². The Morgan fingerprint density at radius 1 is 0.682 bits per heavy atom. The van der Waals surface area contributed by atoms with Gasteiger partial charge in [0.05, 0.1) is 6.61 Å². The van der Waals surface area contributed by atoms with Crippen molar-refractivity contribution < 1.29 is 4.74 Å². The van der Waals surface area contributed by atoms with Gasteiger partial charge >= 0.3 is 0 Å². The van der Waals surface area contributed by atoms with E-state index in [1.807, 2.05) is 6.08 Å². The Morgan fingerprint density at radius 3 is 1.73 bits per heavy atom. The van der Waals surface area contributed by atoms with E-state index >= 15 is 0 Å². The lowest BCUT2D eigenvalue weighted by atomic mass is 10.1. The predicted octanol–water partition coefficient (Wildman–Crippen LogP) is 7.23. The van der Waals surface area contributed by atoms with E-state index in [0.29, 0.717) is 6.61 Å². The zero-order valence-corrected chi connectivity index (χ0v) is 15.2. The summed E-state index contributed by atoms with van der Waals surface area (Å²) in [5.74, 6) is 0. The first-order valence-electron chi connectivity index (χ1n) is 9.75. The first-order valence-corrected chi connectivity index (χ1v) is 9.75. The van der Waals surface area contributed by atoms with Gasteiger partial charge in [0.25, 0.3) is 0 Å². The van der Waals surface area contributed by atoms with E-state index in [9.17, 15) is 0 Å². The Morgan fingerprint density at radius 2 is 1.18 bits per heavy atom. The second kappa shape index (κ2) is 20.4. The highest BCUT2D eigenvalue weighted by atomic mass is 16.5. The number of unbranched alkanes of at least 4 members (excludes halogenated alkanes) is 12. The topological polar surface area (TPSA) is 9.23 Å². The van der Waals surface area contributed by atoms with Crippen molar-refractivity contribution >= 4 is 0 Å². The lowest BCUT2D eigenvalue weighted by Crippen LogP contribution is -1.93. The van der Waals surface area contributed by atoms with Crippen LogP contribution in [0.1, 0.15) is 96.8 Å². The van der Waals surface area contributed by atoms with E-state index in [1.54, 1.807) is 0 Å². The van der Waals surface area contributed by atoms with Gasteiger partial charge in [-0.05, 0) is 32.1 Å². The average molecular weight is 309 g/mol. The molecule has 1 heteroatoms. The fourth-order valence-corrected chi connectivity index (χ4v) is 2.62. The van der Waals surface area contributed by atoms with Gasteiger partial charge in [-0.15, -0.1) is 6.58 Å². The Kier molecular flexibility index (Phi) is 19.9. The van der Waals surface area contributed by atoms with Gasteiger partial charge in [-0.1, -0.05) is 82.9 Å². The molecule has 0 N–H and O–H groups in total. The molecule has 0 saturated carbocycles. The molecule has 0 unspecified atom stereocenters. The molecule has 130 valence electrons. The third-order valence-corrected chi connectivity index (χ3v) is 4.04. The highest BCUT2D eigenvalue weighted by Crippen LogP contribution is 2.09. The number of rotatable bonds is 18. The minimum Gasteiger partial charge on any atom is -0.377 e. The van der Waals surface area contributed by atoms with Crippen molar-refractivity contribution in [1.29, 1.82) is 0 Å². The zero-order valence-electron chi connectivity index (χ0n) is 15.2. The summed E-state index contributed by atoms with van der Waals surface area (Å²) in [6.07, 6.45) is 25.6. The van der Waals surface area contributed by atoms with Crippen molar-refractivity contribution in [2.24, 2.45) is 0 Å². The fourth-order valence-electron chi connectivity index (χ4n) is 2.62. The molecule has 0 heterocycles. The molecule has 0 aromatic carbocycles. The van der Waals surface area contributed by atoms with E-state index in [1.165, 1.54) is 89.9 Å². The van der Waals surface area contributed by atoms with Crippen LogP contribution in [-0.2, 0) is 4.74 Å². The van der Waals surface area contributed by atoms with Crippen LogP contribution < -0.4 is 0 Å². The number of hydrogen-bond donors (Lipinski definition) is 0. The number of hydrogen-bond acceptors (Lipinski definition) is 1. The van der Waals surface area contributed by atoms with Crippen LogP contribution in [0.25, 0.3) is 0 Å². The van der Waals surface area contributed by atoms with Gasteiger partial charge in [0.15, 0.2) is 0 Å². The second-order valence-electron chi connectivity index (χ2n) is 6.30. The van der Waals surface area contributed by atoms with Gasteiger partial charge in [0, 0.05) is 6.61 Å². The Bertz CT molecular complexity index is 232. The highest BCUT2D eigenvalue weighted by Gasteiger charge is 1.91. The Balaban J connectivity index is 3.03. The molecule has 1 nitrogen and oxygen atoms in total. The van der Waals surface area contributed by atoms with Crippen LogP contribution in [0.2, 0.25) is 0 Å². The second-order valence-corrected chi connectivity index (χ2v) is 6.30. The van der Waals surface area contributed by atoms with Gasteiger partial charge in [0.2, 0.25) is 0 Å². The Hall–Kier alpha value is -0.560. The molecule has 0 rings (SSSR count). The summed E-state index contributed by atoms with van der Waals surface area (Å²) in [6, 6.07) is 0. The molecule has 0 aliphatic heterocycles. The largest absolute Gasteiger partial charge is 0.377 e. The number of allylic oxidation sites excluding steroid dienone is 2. The van der Waals surface area contributed by atoms with Gasteiger partial charge in [-0.3, -0.25) is 0 Å². The maximum absolute atomic E-state index is 5.37. The first kappa shape index (κ1) is 21.4. The van der Waals surface area contributed by atoms with Crippen LogP contribution in [0.15, 0.2) is 24.8 Å². The molecule has 0 aliphatic rings. The van der Waals surface area contributed by atoms with E-state index in [0.717, 1.165) is 6.61 Å². The van der Waals surface area contributed by atoms with Crippen molar-refractivity contribution in [2.45, 2.75) is 96.8 Å². The van der Waals surface area contributed by atoms with E-state index in [-0.39, 0.29) is 0 Å². The molecule has 0 amide bonds. The lowest BCUT2D eigenvalue weighted by Gasteiger charge is -2.02. The molecule has 0 spiro atoms. The van der Waals surface area contributed by atoms with Crippen LogP contribution >= 0.6 is 0 Å². The maximum atomic E-state index is 5.37. The summed E-state index contributed by atoms with van der Waals surface area (Å²) in [4.78, 5) is 0. The molecule has 0 radical (unpaired) electrons. The third-order valence-electron chi connectivity index (χ3n) is 4.04.